The van der Waals surface area contributed by atoms with Gasteiger partial charge in [0.1, 0.15) is 4.21 Å². The SMILES string of the molecule is CN(CC1COCCO1)S(=O)(=O)c1ccc(Cl)s1. The Kier molecular flexibility index (Phi) is 4.63. The zero-order valence-electron chi connectivity index (χ0n) is 9.84. The molecule has 1 fully saturated rings. The second-order valence-corrected chi connectivity index (χ2v) is 7.90. The number of ether oxygens (including phenoxy) is 2. The largest absolute Gasteiger partial charge is 0.376 e. The van der Waals surface area contributed by atoms with Gasteiger partial charge in [-0.3, -0.25) is 0 Å². The lowest BCUT2D eigenvalue weighted by Crippen LogP contribution is -2.40. The first-order valence-corrected chi connectivity index (χ1v) is 8.04. The van der Waals surface area contributed by atoms with Crippen molar-refractivity contribution in [3.63, 3.8) is 0 Å². The standard InChI is InChI=1S/C10H14ClNO4S2/c1-12(6-8-7-15-4-5-16-8)18(13,14)10-3-2-9(11)17-10/h2-3,8H,4-7H2,1H3. The number of hydrogen-bond acceptors (Lipinski definition) is 5. The van der Waals surface area contributed by atoms with Crippen molar-refractivity contribution in [3.05, 3.63) is 16.5 Å². The number of halogens is 1. The maximum atomic E-state index is 12.2. The highest BCUT2D eigenvalue weighted by Crippen LogP contribution is 2.27. The minimum atomic E-state index is -3.49. The Labute approximate surface area is 115 Å². The highest BCUT2D eigenvalue weighted by Gasteiger charge is 2.26. The van der Waals surface area contributed by atoms with E-state index in [1.807, 2.05) is 0 Å². The van der Waals surface area contributed by atoms with Crippen LogP contribution in [0.2, 0.25) is 4.34 Å². The number of sulfonamides is 1. The van der Waals surface area contributed by atoms with Gasteiger partial charge in [0.2, 0.25) is 0 Å². The van der Waals surface area contributed by atoms with E-state index < -0.39 is 10.0 Å². The van der Waals surface area contributed by atoms with Crippen molar-refractivity contribution in [1.29, 1.82) is 0 Å². The minimum absolute atomic E-state index is 0.214. The molecule has 0 spiro atoms. The molecule has 0 N–H and O–H groups in total. The molecule has 18 heavy (non-hydrogen) atoms. The molecular formula is C10H14ClNO4S2. The van der Waals surface area contributed by atoms with Crippen molar-refractivity contribution in [1.82, 2.24) is 4.31 Å². The zero-order valence-corrected chi connectivity index (χ0v) is 12.2. The van der Waals surface area contributed by atoms with Crippen molar-refractivity contribution in [2.45, 2.75) is 10.3 Å². The number of rotatable bonds is 4. The Balaban J connectivity index is 2.05. The first kappa shape index (κ1) is 14.2. The fourth-order valence-corrected chi connectivity index (χ4v) is 4.51. The van der Waals surface area contributed by atoms with Gasteiger partial charge in [0.05, 0.1) is 30.3 Å². The second kappa shape index (κ2) is 5.85. The molecule has 0 bridgehead atoms. The van der Waals surface area contributed by atoms with E-state index in [0.29, 0.717) is 24.2 Å². The van der Waals surface area contributed by atoms with Crippen LogP contribution in [-0.4, -0.2) is 52.2 Å². The monoisotopic (exact) mass is 311 g/mol. The van der Waals surface area contributed by atoms with Crippen molar-refractivity contribution >= 4 is 33.0 Å². The van der Waals surface area contributed by atoms with E-state index in [4.69, 9.17) is 21.1 Å². The van der Waals surface area contributed by atoms with Crippen LogP contribution in [0.15, 0.2) is 16.3 Å². The normalized spacial score (nSPS) is 21.4. The molecule has 0 aromatic carbocycles. The predicted molar refractivity (Wildman–Crippen MR) is 69.7 cm³/mol. The van der Waals surface area contributed by atoms with Crippen LogP contribution in [0.4, 0.5) is 0 Å². The molecule has 2 heterocycles. The van der Waals surface area contributed by atoms with Gasteiger partial charge < -0.3 is 9.47 Å². The van der Waals surface area contributed by atoms with Crippen LogP contribution >= 0.6 is 22.9 Å². The summed E-state index contributed by atoms with van der Waals surface area (Å²) in [5.74, 6) is 0. The maximum absolute atomic E-state index is 12.2. The van der Waals surface area contributed by atoms with E-state index in [2.05, 4.69) is 0 Å². The molecule has 102 valence electrons. The molecule has 0 saturated carbocycles. The van der Waals surface area contributed by atoms with Gasteiger partial charge in [-0.05, 0) is 12.1 Å². The molecule has 1 unspecified atom stereocenters. The van der Waals surface area contributed by atoms with Crippen LogP contribution in [0.5, 0.6) is 0 Å². The third kappa shape index (κ3) is 3.23. The van der Waals surface area contributed by atoms with Crippen LogP contribution in [-0.2, 0) is 19.5 Å². The summed E-state index contributed by atoms with van der Waals surface area (Å²) >= 11 is 6.80. The molecule has 1 saturated heterocycles. The van der Waals surface area contributed by atoms with E-state index in [1.54, 1.807) is 6.07 Å². The van der Waals surface area contributed by atoms with Gasteiger partial charge >= 0.3 is 0 Å². The van der Waals surface area contributed by atoms with E-state index in [-0.39, 0.29) is 16.9 Å². The highest BCUT2D eigenvalue weighted by atomic mass is 35.5. The first-order valence-electron chi connectivity index (χ1n) is 5.41. The first-order chi connectivity index (χ1) is 8.50. The Bertz CT molecular complexity index is 496. The molecule has 1 aromatic heterocycles. The minimum Gasteiger partial charge on any atom is -0.376 e. The van der Waals surface area contributed by atoms with Gasteiger partial charge in [0, 0.05) is 13.6 Å². The van der Waals surface area contributed by atoms with Gasteiger partial charge in [-0.1, -0.05) is 11.6 Å². The fraction of sp³-hybridized carbons (Fsp3) is 0.600. The zero-order chi connectivity index (χ0) is 13.2. The molecule has 0 radical (unpaired) electrons. The van der Waals surface area contributed by atoms with Gasteiger partial charge in [-0.15, -0.1) is 11.3 Å². The van der Waals surface area contributed by atoms with Crippen LogP contribution in [0.25, 0.3) is 0 Å². The van der Waals surface area contributed by atoms with Crippen molar-refractivity contribution in [2.75, 3.05) is 33.4 Å². The van der Waals surface area contributed by atoms with Crippen molar-refractivity contribution in [2.24, 2.45) is 0 Å². The maximum Gasteiger partial charge on any atom is 0.252 e. The molecule has 8 heteroatoms. The van der Waals surface area contributed by atoms with Crippen LogP contribution in [0.3, 0.4) is 0 Å². The summed E-state index contributed by atoms with van der Waals surface area (Å²) in [6.07, 6.45) is -0.214. The summed E-state index contributed by atoms with van der Waals surface area (Å²) in [5, 5.41) is 0. The third-order valence-corrected chi connectivity index (χ3v) is 6.08. The Morgan fingerprint density at radius 1 is 1.50 bits per heavy atom. The quantitative estimate of drug-likeness (QED) is 0.844. The molecule has 1 aliphatic heterocycles. The second-order valence-electron chi connectivity index (χ2n) is 3.91. The fourth-order valence-electron chi connectivity index (χ4n) is 1.62. The molecule has 0 aliphatic carbocycles. The number of hydrogen-bond donors (Lipinski definition) is 0. The average Bonchev–Trinajstić information content (AvgIpc) is 2.78. The molecule has 0 amide bonds. The number of likely N-dealkylation sites (N-methyl/N-ethyl adjacent to an activating group) is 1. The van der Waals surface area contributed by atoms with E-state index in [0.717, 1.165) is 11.3 Å². The molecule has 5 nitrogen and oxygen atoms in total. The third-order valence-electron chi connectivity index (χ3n) is 2.56. The van der Waals surface area contributed by atoms with Crippen LogP contribution < -0.4 is 0 Å². The molecule has 1 aliphatic rings. The summed E-state index contributed by atoms with van der Waals surface area (Å²) in [6.45, 7) is 1.76. The van der Waals surface area contributed by atoms with Gasteiger partial charge in [0.25, 0.3) is 10.0 Å². The lowest BCUT2D eigenvalue weighted by molar-refractivity contribution is -0.0908. The predicted octanol–water partition coefficient (Wildman–Crippen LogP) is 1.44. The lowest BCUT2D eigenvalue weighted by atomic mass is 10.3. The lowest BCUT2D eigenvalue weighted by Gasteiger charge is -2.26. The van der Waals surface area contributed by atoms with E-state index in [1.165, 1.54) is 17.4 Å². The molecule has 1 atom stereocenters. The summed E-state index contributed by atoms with van der Waals surface area (Å²) in [6, 6.07) is 3.09. The Hall–Kier alpha value is -0.180. The summed E-state index contributed by atoms with van der Waals surface area (Å²) in [7, 11) is -1.96. The summed E-state index contributed by atoms with van der Waals surface area (Å²) in [5.41, 5.74) is 0. The number of thiophene rings is 1. The number of nitrogens with zero attached hydrogens (tertiary/aromatic N) is 1. The molecular weight excluding hydrogens is 298 g/mol. The molecule has 1 aromatic rings. The van der Waals surface area contributed by atoms with E-state index >= 15 is 0 Å². The van der Waals surface area contributed by atoms with Crippen LogP contribution in [0.1, 0.15) is 0 Å². The van der Waals surface area contributed by atoms with Gasteiger partial charge in [-0.25, -0.2) is 8.42 Å². The highest BCUT2D eigenvalue weighted by molar-refractivity contribution is 7.91. The van der Waals surface area contributed by atoms with E-state index in [9.17, 15) is 8.42 Å². The van der Waals surface area contributed by atoms with Crippen molar-refractivity contribution in [3.8, 4) is 0 Å². The smallest absolute Gasteiger partial charge is 0.252 e. The van der Waals surface area contributed by atoms with Crippen molar-refractivity contribution < 1.29 is 17.9 Å². The Morgan fingerprint density at radius 2 is 2.28 bits per heavy atom. The average molecular weight is 312 g/mol. The van der Waals surface area contributed by atoms with Crippen LogP contribution in [0, 0.1) is 0 Å². The topological polar surface area (TPSA) is 55.8 Å². The molecule has 2 rings (SSSR count). The Morgan fingerprint density at radius 3 is 2.83 bits per heavy atom. The van der Waals surface area contributed by atoms with Gasteiger partial charge in [0.15, 0.2) is 0 Å². The van der Waals surface area contributed by atoms with Gasteiger partial charge in [-0.2, -0.15) is 4.31 Å². The summed E-state index contributed by atoms with van der Waals surface area (Å²) in [4.78, 5) is 0. The summed E-state index contributed by atoms with van der Waals surface area (Å²) < 4.78 is 37.0.